The molecule has 1 aliphatic rings. The Morgan fingerprint density at radius 2 is 2.00 bits per heavy atom. The van der Waals surface area contributed by atoms with E-state index >= 15 is 0 Å². The minimum absolute atomic E-state index is 0.653. The Bertz CT molecular complexity index is 82.0. The average molecular weight is 112 g/mol. The highest BCUT2D eigenvalue weighted by Crippen LogP contribution is 2.41. The molecule has 1 fully saturated rings. The first-order valence-electron chi connectivity index (χ1n) is 3.63. The van der Waals surface area contributed by atoms with Crippen LogP contribution >= 0.6 is 0 Å². The summed E-state index contributed by atoms with van der Waals surface area (Å²) < 4.78 is 0. The van der Waals surface area contributed by atoms with Crippen molar-refractivity contribution < 1.29 is 0 Å². The molecular weight excluding hydrogens is 96.1 g/mol. The van der Waals surface area contributed by atoms with Crippen molar-refractivity contribution in [3.05, 3.63) is 0 Å². The second kappa shape index (κ2) is 1.75. The lowest BCUT2D eigenvalue weighted by molar-refractivity contribution is 0.281. The maximum Gasteiger partial charge on any atom is -0.0329 e. The van der Waals surface area contributed by atoms with Gasteiger partial charge in [0.15, 0.2) is 0 Å². The van der Waals surface area contributed by atoms with Gasteiger partial charge >= 0.3 is 0 Å². The zero-order valence-corrected chi connectivity index (χ0v) is 6.20. The molecule has 48 valence electrons. The maximum absolute atomic E-state index is 2.38. The summed E-state index contributed by atoms with van der Waals surface area (Å²) in [6, 6.07) is 0. The maximum atomic E-state index is 2.38. The summed E-state index contributed by atoms with van der Waals surface area (Å²) in [5.41, 5.74) is 0.653. The van der Waals surface area contributed by atoms with Crippen LogP contribution in [0.3, 0.4) is 0 Å². The fourth-order valence-electron chi connectivity index (χ4n) is 1.50. The van der Waals surface area contributed by atoms with Gasteiger partial charge in [0, 0.05) is 0 Å². The Balaban J connectivity index is 2.54. The van der Waals surface area contributed by atoms with Gasteiger partial charge in [-0.3, -0.25) is 0 Å². The van der Waals surface area contributed by atoms with Gasteiger partial charge in [-0.05, 0) is 17.8 Å². The molecule has 0 spiro atoms. The van der Waals surface area contributed by atoms with Crippen LogP contribution in [-0.4, -0.2) is 0 Å². The van der Waals surface area contributed by atoms with Crippen molar-refractivity contribution in [3.63, 3.8) is 0 Å². The zero-order valence-electron chi connectivity index (χ0n) is 6.20. The van der Waals surface area contributed by atoms with E-state index in [-0.39, 0.29) is 0 Å². The molecular formula is C8H16. The molecule has 0 aromatic rings. The number of hydrogen-bond acceptors (Lipinski definition) is 0. The predicted molar refractivity (Wildman–Crippen MR) is 36.8 cm³/mol. The van der Waals surface area contributed by atoms with Crippen LogP contribution in [-0.2, 0) is 0 Å². The van der Waals surface area contributed by atoms with Gasteiger partial charge < -0.3 is 0 Å². The van der Waals surface area contributed by atoms with Crippen LogP contribution in [0.5, 0.6) is 0 Å². The zero-order chi connectivity index (χ0) is 6.20. The molecule has 0 unspecified atom stereocenters. The van der Waals surface area contributed by atoms with Crippen molar-refractivity contribution in [1.82, 2.24) is 0 Å². The van der Waals surface area contributed by atoms with E-state index in [1.807, 2.05) is 0 Å². The average Bonchev–Trinajstić information content (AvgIpc) is 1.86. The summed E-state index contributed by atoms with van der Waals surface area (Å²) in [5, 5.41) is 0. The molecule has 1 rings (SSSR count). The Morgan fingerprint density at radius 3 is 2.12 bits per heavy atom. The van der Waals surface area contributed by atoms with E-state index in [1.165, 1.54) is 19.3 Å². The van der Waals surface area contributed by atoms with Crippen molar-refractivity contribution in [1.29, 1.82) is 0 Å². The smallest absolute Gasteiger partial charge is 0.0329 e. The molecule has 1 saturated carbocycles. The molecule has 0 heterocycles. The molecule has 0 aliphatic heterocycles. The second-order valence-corrected chi connectivity index (χ2v) is 3.78. The third kappa shape index (κ3) is 0.888. The van der Waals surface area contributed by atoms with E-state index in [1.54, 1.807) is 0 Å². The fourth-order valence-corrected chi connectivity index (χ4v) is 1.50. The molecule has 0 radical (unpaired) electrons. The Morgan fingerprint density at radius 1 is 1.38 bits per heavy atom. The quantitative estimate of drug-likeness (QED) is 0.452. The van der Waals surface area contributed by atoms with Crippen LogP contribution < -0.4 is 0 Å². The van der Waals surface area contributed by atoms with Crippen molar-refractivity contribution >= 4 is 0 Å². The molecule has 1 atom stereocenters. The van der Waals surface area contributed by atoms with Gasteiger partial charge in [-0.15, -0.1) is 0 Å². The summed E-state index contributed by atoms with van der Waals surface area (Å²) in [6.07, 6.45) is 4.34. The lowest BCUT2D eigenvalue weighted by Gasteiger charge is -2.22. The highest BCUT2D eigenvalue weighted by molar-refractivity contribution is 4.81. The van der Waals surface area contributed by atoms with Crippen LogP contribution in [0.4, 0.5) is 0 Å². The lowest BCUT2D eigenvalue weighted by atomic mass is 9.83. The monoisotopic (exact) mass is 112 g/mol. The first-order valence-corrected chi connectivity index (χ1v) is 3.63. The van der Waals surface area contributed by atoms with Crippen molar-refractivity contribution in [2.24, 2.45) is 11.3 Å². The van der Waals surface area contributed by atoms with Gasteiger partial charge in [-0.25, -0.2) is 0 Å². The molecule has 0 saturated heterocycles. The van der Waals surface area contributed by atoms with Crippen LogP contribution in [0, 0.1) is 11.3 Å². The van der Waals surface area contributed by atoms with E-state index in [9.17, 15) is 0 Å². The highest BCUT2D eigenvalue weighted by Gasteiger charge is 2.30. The predicted octanol–water partition coefficient (Wildman–Crippen LogP) is 2.83. The van der Waals surface area contributed by atoms with Gasteiger partial charge in [-0.1, -0.05) is 33.6 Å². The minimum Gasteiger partial charge on any atom is -0.0620 e. The Kier molecular flexibility index (Phi) is 1.34. The SMILES string of the molecule is C[C@@H]1CCCC1(C)C. The third-order valence-corrected chi connectivity index (χ3v) is 2.79. The molecule has 0 amide bonds. The Labute approximate surface area is 52.3 Å². The van der Waals surface area contributed by atoms with Crippen molar-refractivity contribution in [2.75, 3.05) is 0 Å². The van der Waals surface area contributed by atoms with Gasteiger partial charge in [-0.2, -0.15) is 0 Å². The van der Waals surface area contributed by atoms with Crippen LogP contribution in [0.15, 0.2) is 0 Å². The second-order valence-electron chi connectivity index (χ2n) is 3.78. The summed E-state index contributed by atoms with van der Waals surface area (Å²) in [7, 11) is 0. The molecule has 8 heavy (non-hydrogen) atoms. The van der Waals surface area contributed by atoms with Crippen molar-refractivity contribution in [2.45, 2.75) is 40.0 Å². The molecule has 0 nitrogen and oxygen atoms in total. The highest BCUT2D eigenvalue weighted by atomic mass is 14.4. The number of rotatable bonds is 0. The molecule has 0 aromatic carbocycles. The van der Waals surface area contributed by atoms with Gasteiger partial charge in [0.1, 0.15) is 0 Å². The molecule has 0 bridgehead atoms. The molecule has 0 heteroatoms. The molecule has 0 N–H and O–H groups in total. The fraction of sp³-hybridized carbons (Fsp3) is 1.00. The lowest BCUT2D eigenvalue weighted by Crippen LogP contribution is -2.13. The normalized spacial score (nSPS) is 35.6. The topological polar surface area (TPSA) is 0 Å². The summed E-state index contributed by atoms with van der Waals surface area (Å²) in [4.78, 5) is 0. The summed E-state index contributed by atoms with van der Waals surface area (Å²) in [5.74, 6) is 0.961. The van der Waals surface area contributed by atoms with E-state index < -0.39 is 0 Å². The summed E-state index contributed by atoms with van der Waals surface area (Å²) >= 11 is 0. The van der Waals surface area contributed by atoms with E-state index in [2.05, 4.69) is 20.8 Å². The first kappa shape index (κ1) is 6.12. The first-order chi connectivity index (χ1) is 3.63. The van der Waals surface area contributed by atoms with Crippen LogP contribution in [0.1, 0.15) is 40.0 Å². The standard InChI is InChI=1S/C8H16/c1-7-5-4-6-8(7,2)3/h7H,4-6H2,1-3H3/t7-/m1/s1. The third-order valence-electron chi connectivity index (χ3n) is 2.79. The number of hydrogen-bond donors (Lipinski definition) is 0. The Hall–Kier alpha value is 0. The van der Waals surface area contributed by atoms with Gasteiger partial charge in [0.2, 0.25) is 0 Å². The van der Waals surface area contributed by atoms with E-state index in [0.717, 1.165) is 5.92 Å². The van der Waals surface area contributed by atoms with E-state index in [0.29, 0.717) is 5.41 Å². The van der Waals surface area contributed by atoms with Crippen LogP contribution in [0.25, 0.3) is 0 Å². The van der Waals surface area contributed by atoms with Crippen molar-refractivity contribution in [3.8, 4) is 0 Å². The van der Waals surface area contributed by atoms with Crippen LogP contribution in [0.2, 0.25) is 0 Å². The minimum atomic E-state index is 0.653. The molecule has 0 aromatic heterocycles. The van der Waals surface area contributed by atoms with Gasteiger partial charge in [0.05, 0.1) is 0 Å². The summed E-state index contributed by atoms with van der Waals surface area (Å²) in [6.45, 7) is 7.13. The van der Waals surface area contributed by atoms with E-state index in [4.69, 9.17) is 0 Å². The molecule has 1 aliphatic carbocycles. The largest absolute Gasteiger partial charge is 0.0620 e. The van der Waals surface area contributed by atoms with Gasteiger partial charge in [0.25, 0.3) is 0 Å².